The van der Waals surface area contributed by atoms with E-state index in [-0.39, 0.29) is 11.9 Å². The van der Waals surface area contributed by atoms with E-state index in [1.165, 1.54) is 6.07 Å². The van der Waals surface area contributed by atoms with E-state index in [2.05, 4.69) is 11.4 Å². The molecule has 15 heavy (non-hydrogen) atoms. The molecule has 0 saturated carbocycles. The van der Waals surface area contributed by atoms with Gasteiger partial charge in [-0.3, -0.25) is 0 Å². The maximum absolute atomic E-state index is 13.1. The molecule has 1 aromatic carbocycles. The molecule has 1 aliphatic heterocycles. The summed E-state index contributed by atoms with van der Waals surface area (Å²) in [7, 11) is 0. The van der Waals surface area contributed by atoms with Gasteiger partial charge in [-0.2, -0.15) is 5.26 Å². The highest BCUT2D eigenvalue weighted by molar-refractivity contribution is 5.33. The third kappa shape index (κ3) is 2.16. The van der Waals surface area contributed by atoms with Crippen molar-refractivity contribution in [2.45, 2.75) is 25.3 Å². The van der Waals surface area contributed by atoms with Crippen LogP contribution in [-0.2, 0) is 6.42 Å². The summed E-state index contributed by atoms with van der Waals surface area (Å²) in [5, 5.41) is 12.0. The van der Waals surface area contributed by atoms with Gasteiger partial charge in [0.1, 0.15) is 5.82 Å². The average molecular weight is 204 g/mol. The molecule has 0 unspecified atom stereocenters. The van der Waals surface area contributed by atoms with Gasteiger partial charge in [0.25, 0.3) is 0 Å². The van der Waals surface area contributed by atoms with E-state index in [1.807, 2.05) is 0 Å². The van der Waals surface area contributed by atoms with Crippen LogP contribution in [0.15, 0.2) is 18.2 Å². The molecule has 1 saturated heterocycles. The fourth-order valence-electron chi connectivity index (χ4n) is 2.09. The molecule has 78 valence electrons. The molecule has 1 atom stereocenters. The second-order valence-electron chi connectivity index (χ2n) is 3.83. The van der Waals surface area contributed by atoms with Crippen LogP contribution >= 0.6 is 0 Å². The summed E-state index contributed by atoms with van der Waals surface area (Å²) in [5.74, 6) is -0.222. The summed E-state index contributed by atoms with van der Waals surface area (Å²) in [5.41, 5.74) is 1.90. The van der Waals surface area contributed by atoms with Crippen molar-refractivity contribution in [2.75, 3.05) is 6.54 Å². The highest BCUT2D eigenvalue weighted by Gasteiger charge is 2.19. The van der Waals surface area contributed by atoms with Crippen molar-refractivity contribution in [1.29, 1.82) is 5.26 Å². The number of nitrogens with zero attached hydrogens (tertiary/aromatic N) is 1. The first-order valence-corrected chi connectivity index (χ1v) is 5.20. The molecule has 1 fully saturated rings. The number of halogens is 1. The molecular weight excluding hydrogens is 191 g/mol. The van der Waals surface area contributed by atoms with Gasteiger partial charge in [-0.1, -0.05) is 6.07 Å². The Morgan fingerprint density at radius 2 is 2.40 bits per heavy atom. The second kappa shape index (κ2) is 4.41. The first-order valence-electron chi connectivity index (χ1n) is 5.20. The van der Waals surface area contributed by atoms with E-state index >= 15 is 0 Å². The first kappa shape index (κ1) is 10.1. The van der Waals surface area contributed by atoms with Crippen molar-refractivity contribution in [1.82, 2.24) is 5.32 Å². The minimum absolute atomic E-state index is 0.222. The number of nitriles is 1. The summed E-state index contributed by atoms with van der Waals surface area (Å²) in [6.07, 6.45) is 2.50. The molecule has 1 N–H and O–H groups in total. The molecule has 0 aliphatic carbocycles. The molecule has 3 heteroatoms. The predicted octanol–water partition coefficient (Wildman–Crippen LogP) is 2.32. The topological polar surface area (TPSA) is 35.8 Å². The molecule has 1 aromatic rings. The second-order valence-corrected chi connectivity index (χ2v) is 3.83. The summed E-state index contributed by atoms with van der Waals surface area (Å²) in [6, 6.07) is 7.03. The zero-order valence-electron chi connectivity index (χ0n) is 8.46. The van der Waals surface area contributed by atoms with Crippen LogP contribution in [0.3, 0.4) is 0 Å². The lowest BCUT2D eigenvalue weighted by Gasteiger charge is -2.14. The van der Waals surface area contributed by atoms with Crippen molar-refractivity contribution in [3.63, 3.8) is 0 Å². The fourth-order valence-corrected chi connectivity index (χ4v) is 2.09. The molecule has 0 radical (unpaired) electrons. The van der Waals surface area contributed by atoms with Gasteiger partial charge in [-0.05, 0) is 42.6 Å². The van der Waals surface area contributed by atoms with E-state index < -0.39 is 0 Å². The highest BCUT2D eigenvalue weighted by Crippen LogP contribution is 2.26. The van der Waals surface area contributed by atoms with Crippen LogP contribution in [0.25, 0.3) is 0 Å². The number of benzene rings is 1. The Morgan fingerprint density at radius 3 is 3.07 bits per heavy atom. The van der Waals surface area contributed by atoms with E-state index in [0.717, 1.165) is 30.5 Å². The number of nitrogens with one attached hydrogen (secondary N) is 1. The monoisotopic (exact) mass is 204 g/mol. The van der Waals surface area contributed by atoms with E-state index in [1.54, 1.807) is 12.1 Å². The SMILES string of the molecule is N#CCc1ccc(F)cc1[C@@H]1CCCN1. The highest BCUT2D eigenvalue weighted by atomic mass is 19.1. The molecule has 0 amide bonds. The van der Waals surface area contributed by atoms with E-state index in [9.17, 15) is 4.39 Å². The molecule has 0 spiro atoms. The predicted molar refractivity (Wildman–Crippen MR) is 55.7 cm³/mol. The number of hydrogen-bond acceptors (Lipinski definition) is 2. The van der Waals surface area contributed by atoms with Crippen LogP contribution in [0.4, 0.5) is 4.39 Å². The van der Waals surface area contributed by atoms with E-state index in [0.29, 0.717) is 6.42 Å². The zero-order chi connectivity index (χ0) is 10.7. The molecule has 0 bridgehead atoms. The maximum atomic E-state index is 13.1. The largest absolute Gasteiger partial charge is 0.310 e. The molecule has 1 heterocycles. The van der Waals surface area contributed by atoms with Gasteiger partial charge in [-0.15, -0.1) is 0 Å². The summed E-state index contributed by atoms with van der Waals surface area (Å²) >= 11 is 0. The van der Waals surface area contributed by atoms with Crippen LogP contribution in [0.5, 0.6) is 0 Å². The van der Waals surface area contributed by atoms with E-state index in [4.69, 9.17) is 5.26 Å². The Morgan fingerprint density at radius 1 is 1.53 bits per heavy atom. The standard InChI is InChI=1S/C12H13FN2/c13-10-4-3-9(5-6-14)11(8-10)12-2-1-7-15-12/h3-4,8,12,15H,1-2,5,7H2/t12-/m0/s1. The van der Waals surface area contributed by atoms with Crippen molar-refractivity contribution >= 4 is 0 Å². The van der Waals surface area contributed by atoms with Crippen molar-refractivity contribution in [3.05, 3.63) is 35.1 Å². The van der Waals surface area contributed by atoms with Crippen LogP contribution in [-0.4, -0.2) is 6.54 Å². The van der Waals surface area contributed by atoms with Gasteiger partial charge < -0.3 is 5.32 Å². The van der Waals surface area contributed by atoms with Crippen LogP contribution in [0.1, 0.15) is 30.0 Å². The summed E-state index contributed by atoms with van der Waals surface area (Å²) in [4.78, 5) is 0. The lowest BCUT2D eigenvalue weighted by molar-refractivity contribution is 0.603. The summed E-state index contributed by atoms with van der Waals surface area (Å²) in [6.45, 7) is 0.979. The van der Waals surface area contributed by atoms with Gasteiger partial charge in [0, 0.05) is 6.04 Å². The summed E-state index contributed by atoms with van der Waals surface area (Å²) < 4.78 is 13.1. The smallest absolute Gasteiger partial charge is 0.123 e. The zero-order valence-corrected chi connectivity index (χ0v) is 8.46. The van der Waals surface area contributed by atoms with Gasteiger partial charge >= 0.3 is 0 Å². The van der Waals surface area contributed by atoms with Crippen molar-refractivity contribution in [2.24, 2.45) is 0 Å². The lowest BCUT2D eigenvalue weighted by Crippen LogP contribution is -2.14. The fraction of sp³-hybridized carbons (Fsp3) is 0.417. The van der Waals surface area contributed by atoms with Gasteiger partial charge in [0.05, 0.1) is 12.5 Å². The van der Waals surface area contributed by atoms with Gasteiger partial charge in [-0.25, -0.2) is 4.39 Å². The Bertz CT molecular complexity index is 389. The van der Waals surface area contributed by atoms with Crippen molar-refractivity contribution < 1.29 is 4.39 Å². The normalized spacial score (nSPS) is 20.1. The minimum Gasteiger partial charge on any atom is -0.310 e. The lowest BCUT2D eigenvalue weighted by atomic mass is 9.97. The van der Waals surface area contributed by atoms with Gasteiger partial charge in [0.15, 0.2) is 0 Å². The average Bonchev–Trinajstić information content (AvgIpc) is 2.74. The third-order valence-corrected chi connectivity index (χ3v) is 2.81. The maximum Gasteiger partial charge on any atom is 0.123 e. The van der Waals surface area contributed by atoms with Gasteiger partial charge in [0.2, 0.25) is 0 Å². The van der Waals surface area contributed by atoms with Crippen LogP contribution in [0, 0.1) is 17.1 Å². The molecule has 1 aliphatic rings. The molecule has 2 rings (SSSR count). The van der Waals surface area contributed by atoms with Crippen molar-refractivity contribution in [3.8, 4) is 6.07 Å². The minimum atomic E-state index is -0.222. The third-order valence-electron chi connectivity index (χ3n) is 2.81. The Kier molecular flexibility index (Phi) is 2.98. The first-order chi connectivity index (χ1) is 7.31. The number of hydrogen-bond donors (Lipinski definition) is 1. The quantitative estimate of drug-likeness (QED) is 0.802. The molecular formula is C12H13FN2. The Hall–Kier alpha value is -1.40. The number of rotatable bonds is 2. The van der Waals surface area contributed by atoms with Crippen LogP contribution < -0.4 is 5.32 Å². The Balaban J connectivity index is 2.33. The molecule has 2 nitrogen and oxygen atoms in total. The van der Waals surface area contributed by atoms with Crippen LogP contribution in [0.2, 0.25) is 0 Å². The Labute approximate surface area is 88.7 Å². The molecule has 0 aromatic heterocycles.